The summed E-state index contributed by atoms with van der Waals surface area (Å²) in [5.74, 6) is 0. The number of aromatic nitrogens is 1. The minimum atomic E-state index is 0.0589. The number of pyridine rings is 1. The van der Waals surface area contributed by atoms with Gasteiger partial charge in [0, 0.05) is 36.9 Å². The van der Waals surface area contributed by atoms with Crippen molar-refractivity contribution in [3.8, 4) is 0 Å². The van der Waals surface area contributed by atoms with Crippen LogP contribution >= 0.6 is 0 Å². The number of urea groups is 1. The summed E-state index contributed by atoms with van der Waals surface area (Å²) in [4.78, 5) is 18.9. The molecule has 4 nitrogen and oxygen atoms in total. The monoisotopic (exact) mass is 321 g/mol. The Hall–Kier alpha value is -2.36. The fourth-order valence-corrected chi connectivity index (χ4v) is 3.30. The summed E-state index contributed by atoms with van der Waals surface area (Å²) in [5.41, 5.74) is 2.58. The Morgan fingerprint density at radius 3 is 2.58 bits per heavy atom. The average Bonchev–Trinajstić information content (AvgIpc) is 3.54. The summed E-state index contributed by atoms with van der Waals surface area (Å²) in [6.45, 7) is 1.37. The van der Waals surface area contributed by atoms with Crippen LogP contribution in [-0.4, -0.2) is 28.5 Å². The van der Waals surface area contributed by atoms with Gasteiger partial charge in [0.05, 0.1) is 0 Å². The van der Waals surface area contributed by atoms with Crippen LogP contribution in [0.4, 0.5) is 4.79 Å². The Morgan fingerprint density at radius 1 is 1.17 bits per heavy atom. The van der Waals surface area contributed by atoms with Crippen LogP contribution in [0.1, 0.15) is 36.8 Å². The molecule has 1 aromatic heterocycles. The normalized spacial score (nSPS) is 18.0. The van der Waals surface area contributed by atoms with Crippen molar-refractivity contribution in [1.29, 1.82) is 0 Å². The summed E-state index contributed by atoms with van der Waals surface area (Å²) in [6.07, 6.45) is 8.14. The average molecular weight is 321 g/mol. The van der Waals surface area contributed by atoms with Crippen molar-refractivity contribution in [1.82, 2.24) is 15.2 Å². The number of carbonyl (C=O) groups is 1. The molecule has 2 amide bonds. The fraction of sp³-hybridized carbons (Fsp3) is 0.400. The first-order valence-corrected chi connectivity index (χ1v) is 8.76. The zero-order chi connectivity index (χ0) is 16.4. The first-order chi connectivity index (χ1) is 11.8. The number of rotatable bonds is 6. The van der Waals surface area contributed by atoms with Crippen LogP contribution in [0.3, 0.4) is 0 Å². The van der Waals surface area contributed by atoms with E-state index in [9.17, 15) is 4.79 Å². The van der Waals surface area contributed by atoms with Crippen molar-refractivity contribution < 1.29 is 4.79 Å². The molecule has 4 rings (SSSR count). The highest BCUT2D eigenvalue weighted by Crippen LogP contribution is 2.47. The van der Waals surface area contributed by atoms with Gasteiger partial charge in [-0.3, -0.25) is 4.98 Å². The van der Waals surface area contributed by atoms with Crippen LogP contribution in [0.5, 0.6) is 0 Å². The molecular formula is C20H23N3O. The molecule has 2 aromatic rings. The number of nitrogens with one attached hydrogen (secondary N) is 1. The molecule has 2 aliphatic rings. The van der Waals surface area contributed by atoms with E-state index in [1.54, 1.807) is 6.20 Å². The topological polar surface area (TPSA) is 45.2 Å². The number of carbonyl (C=O) groups excluding carboxylic acids is 1. The van der Waals surface area contributed by atoms with E-state index < -0.39 is 0 Å². The lowest BCUT2D eigenvalue weighted by Crippen LogP contribution is -2.43. The molecule has 1 N–H and O–H groups in total. The van der Waals surface area contributed by atoms with Gasteiger partial charge in [-0.05, 0) is 42.9 Å². The van der Waals surface area contributed by atoms with Crippen molar-refractivity contribution in [3.63, 3.8) is 0 Å². The van der Waals surface area contributed by atoms with Crippen molar-refractivity contribution in [2.45, 2.75) is 43.7 Å². The van der Waals surface area contributed by atoms with E-state index >= 15 is 0 Å². The van der Waals surface area contributed by atoms with Gasteiger partial charge in [0.15, 0.2) is 0 Å². The van der Waals surface area contributed by atoms with Gasteiger partial charge in [-0.1, -0.05) is 36.4 Å². The lowest BCUT2D eigenvalue weighted by molar-refractivity contribution is 0.191. The van der Waals surface area contributed by atoms with Gasteiger partial charge in [-0.25, -0.2) is 4.79 Å². The van der Waals surface area contributed by atoms with E-state index in [1.807, 2.05) is 29.3 Å². The molecule has 0 unspecified atom stereocenters. The smallest absolute Gasteiger partial charge is 0.317 e. The van der Waals surface area contributed by atoms with Crippen molar-refractivity contribution in [3.05, 3.63) is 66.0 Å². The summed E-state index contributed by atoms with van der Waals surface area (Å²) in [6, 6.07) is 14.9. The largest absolute Gasteiger partial charge is 0.337 e. The van der Waals surface area contributed by atoms with Gasteiger partial charge < -0.3 is 10.2 Å². The second kappa shape index (κ2) is 6.27. The third-order valence-electron chi connectivity index (χ3n) is 5.14. The third-order valence-corrected chi connectivity index (χ3v) is 5.14. The lowest BCUT2D eigenvalue weighted by atomic mass is 9.96. The molecule has 0 radical (unpaired) electrons. The van der Waals surface area contributed by atoms with E-state index in [4.69, 9.17) is 0 Å². The number of benzene rings is 1. The van der Waals surface area contributed by atoms with E-state index in [1.165, 1.54) is 5.56 Å². The van der Waals surface area contributed by atoms with E-state index in [0.717, 1.165) is 37.8 Å². The van der Waals surface area contributed by atoms with Gasteiger partial charge in [0.1, 0.15) is 0 Å². The Balaban J connectivity index is 1.39. The third kappa shape index (κ3) is 3.28. The molecule has 124 valence electrons. The zero-order valence-corrected chi connectivity index (χ0v) is 13.8. The van der Waals surface area contributed by atoms with Gasteiger partial charge in [-0.2, -0.15) is 0 Å². The maximum Gasteiger partial charge on any atom is 0.317 e. The lowest BCUT2D eigenvalue weighted by Gasteiger charge is -2.25. The van der Waals surface area contributed by atoms with Crippen LogP contribution in [0.25, 0.3) is 0 Å². The molecule has 2 aliphatic carbocycles. The van der Waals surface area contributed by atoms with Crippen LogP contribution in [0.15, 0.2) is 54.9 Å². The molecule has 0 spiro atoms. The zero-order valence-electron chi connectivity index (χ0n) is 13.8. The van der Waals surface area contributed by atoms with Crippen LogP contribution in [0.2, 0.25) is 0 Å². The highest BCUT2D eigenvalue weighted by molar-refractivity contribution is 5.75. The number of nitrogens with zero attached hydrogens (tertiary/aromatic N) is 2. The fourth-order valence-electron chi connectivity index (χ4n) is 3.30. The van der Waals surface area contributed by atoms with Crippen molar-refractivity contribution >= 4 is 6.03 Å². The Bertz CT molecular complexity index is 693. The molecule has 0 atom stereocenters. The van der Waals surface area contributed by atoms with Crippen molar-refractivity contribution in [2.24, 2.45) is 0 Å². The highest BCUT2D eigenvalue weighted by Gasteiger charge is 2.44. The second-order valence-corrected chi connectivity index (χ2v) is 7.03. The molecule has 2 fully saturated rings. The first kappa shape index (κ1) is 15.2. The summed E-state index contributed by atoms with van der Waals surface area (Å²) < 4.78 is 0. The molecule has 0 bridgehead atoms. The standard InChI is InChI=1S/C20H23N3O/c24-19(22-15-20(10-11-20)17-6-2-1-3-7-17)23(18-8-9-18)14-16-5-4-12-21-13-16/h1-7,12-13,18H,8-11,14-15H2,(H,22,24). The summed E-state index contributed by atoms with van der Waals surface area (Å²) >= 11 is 0. The molecule has 2 saturated carbocycles. The molecule has 1 heterocycles. The Morgan fingerprint density at radius 2 is 1.96 bits per heavy atom. The van der Waals surface area contributed by atoms with Gasteiger partial charge >= 0.3 is 6.03 Å². The highest BCUT2D eigenvalue weighted by atomic mass is 16.2. The maximum atomic E-state index is 12.7. The first-order valence-electron chi connectivity index (χ1n) is 8.76. The van der Waals surface area contributed by atoms with Crippen LogP contribution in [0, 0.1) is 0 Å². The predicted octanol–water partition coefficient (Wildman–Crippen LogP) is 3.49. The van der Waals surface area contributed by atoms with E-state index in [-0.39, 0.29) is 11.4 Å². The van der Waals surface area contributed by atoms with Gasteiger partial charge in [0.2, 0.25) is 0 Å². The SMILES string of the molecule is O=C(NCC1(c2ccccc2)CC1)N(Cc1cccnc1)C1CC1. The minimum Gasteiger partial charge on any atom is -0.337 e. The number of amides is 2. The Kier molecular flexibility index (Phi) is 3.97. The summed E-state index contributed by atoms with van der Waals surface area (Å²) in [7, 11) is 0. The van der Waals surface area contributed by atoms with Crippen LogP contribution < -0.4 is 5.32 Å². The maximum absolute atomic E-state index is 12.7. The van der Waals surface area contributed by atoms with Gasteiger partial charge in [0.25, 0.3) is 0 Å². The number of hydrogen-bond acceptors (Lipinski definition) is 2. The molecule has 0 aliphatic heterocycles. The van der Waals surface area contributed by atoms with Gasteiger partial charge in [-0.15, -0.1) is 0 Å². The molecular weight excluding hydrogens is 298 g/mol. The second-order valence-electron chi connectivity index (χ2n) is 7.03. The predicted molar refractivity (Wildman–Crippen MR) is 93.6 cm³/mol. The molecule has 1 aromatic carbocycles. The number of hydrogen-bond donors (Lipinski definition) is 1. The van der Waals surface area contributed by atoms with Crippen molar-refractivity contribution in [2.75, 3.05) is 6.54 Å². The molecule has 0 saturated heterocycles. The molecule has 24 heavy (non-hydrogen) atoms. The molecule has 4 heteroatoms. The quantitative estimate of drug-likeness (QED) is 0.885. The minimum absolute atomic E-state index is 0.0589. The summed E-state index contributed by atoms with van der Waals surface area (Å²) in [5, 5.41) is 3.19. The van der Waals surface area contributed by atoms with E-state index in [2.05, 4.69) is 34.6 Å². The van der Waals surface area contributed by atoms with E-state index in [0.29, 0.717) is 12.6 Å². The van der Waals surface area contributed by atoms with Crippen LogP contribution in [-0.2, 0) is 12.0 Å². The Labute approximate surface area is 142 Å².